The smallest absolute Gasteiger partial charge is 0.254 e. The number of carbonyl (C=O) groups excluding carboxylic acids is 1. The second-order valence-corrected chi connectivity index (χ2v) is 8.17. The van der Waals surface area contributed by atoms with E-state index in [1.165, 1.54) is 49.0 Å². The van der Waals surface area contributed by atoms with Crippen molar-refractivity contribution >= 4 is 27.5 Å². The number of hydrogen-bond acceptors (Lipinski definition) is 4. The summed E-state index contributed by atoms with van der Waals surface area (Å²) in [7, 11) is 0. The standard InChI is InChI=1S/C21H20F2N2O2S/c22-14-7-8-16(20(23)19(14)21(24)26)27-11-18-25-15-10-13(6-9-17(15)28-18)12-4-2-1-3-5-12/h6-10,12H,1-5,11H2,(H2,24,26). The molecule has 1 aromatic heterocycles. The van der Waals surface area contributed by atoms with Crippen LogP contribution in [0.25, 0.3) is 10.2 Å². The van der Waals surface area contributed by atoms with Crippen LogP contribution in [0.5, 0.6) is 5.75 Å². The lowest BCUT2D eigenvalue weighted by Gasteiger charge is -2.21. The Morgan fingerprint density at radius 2 is 1.96 bits per heavy atom. The van der Waals surface area contributed by atoms with Crippen molar-refractivity contribution in [2.24, 2.45) is 5.73 Å². The van der Waals surface area contributed by atoms with Gasteiger partial charge in [0.05, 0.1) is 10.2 Å². The third kappa shape index (κ3) is 3.71. The molecule has 1 saturated carbocycles. The summed E-state index contributed by atoms with van der Waals surface area (Å²) in [5.74, 6) is -2.89. The van der Waals surface area contributed by atoms with Gasteiger partial charge in [0.2, 0.25) is 0 Å². The second-order valence-electron chi connectivity index (χ2n) is 7.06. The number of hydrogen-bond donors (Lipinski definition) is 1. The molecule has 28 heavy (non-hydrogen) atoms. The number of primary amides is 1. The molecule has 1 fully saturated rings. The average molecular weight is 402 g/mol. The highest BCUT2D eigenvalue weighted by Gasteiger charge is 2.20. The molecule has 4 rings (SSSR count). The Morgan fingerprint density at radius 3 is 2.71 bits per heavy atom. The van der Waals surface area contributed by atoms with Crippen molar-refractivity contribution in [3.8, 4) is 5.75 Å². The lowest BCUT2D eigenvalue weighted by molar-refractivity contribution is 0.0991. The Hall–Kier alpha value is -2.54. The Kier molecular flexibility index (Phi) is 5.26. The minimum absolute atomic E-state index is 0.0266. The molecular formula is C21H20F2N2O2S. The van der Waals surface area contributed by atoms with Gasteiger partial charge in [-0.1, -0.05) is 25.3 Å². The van der Waals surface area contributed by atoms with Crippen LogP contribution in [-0.2, 0) is 6.61 Å². The maximum atomic E-state index is 14.3. The SMILES string of the molecule is NC(=O)c1c(F)ccc(OCc2nc3cc(C4CCCCC4)ccc3s2)c1F. The molecule has 4 nitrogen and oxygen atoms in total. The molecule has 7 heteroatoms. The maximum absolute atomic E-state index is 14.3. The number of ether oxygens (including phenoxy) is 1. The number of nitrogens with zero attached hydrogens (tertiary/aromatic N) is 1. The largest absolute Gasteiger partial charge is 0.483 e. The summed E-state index contributed by atoms with van der Waals surface area (Å²) in [4.78, 5) is 15.8. The van der Waals surface area contributed by atoms with Gasteiger partial charge in [0.1, 0.15) is 23.0 Å². The van der Waals surface area contributed by atoms with Crippen LogP contribution in [0.1, 0.15) is 59.0 Å². The van der Waals surface area contributed by atoms with E-state index in [1.807, 2.05) is 0 Å². The number of thiazole rings is 1. The first-order valence-corrected chi connectivity index (χ1v) is 10.1. The summed E-state index contributed by atoms with van der Waals surface area (Å²) >= 11 is 1.47. The van der Waals surface area contributed by atoms with Crippen molar-refractivity contribution in [2.45, 2.75) is 44.6 Å². The van der Waals surface area contributed by atoms with Crippen molar-refractivity contribution in [1.29, 1.82) is 0 Å². The molecule has 146 valence electrons. The fourth-order valence-corrected chi connectivity index (χ4v) is 4.61. The van der Waals surface area contributed by atoms with Gasteiger partial charge in [0.15, 0.2) is 11.6 Å². The minimum atomic E-state index is -1.17. The maximum Gasteiger partial charge on any atom is 0.254 e. The molecule has 1 heterocycles. The first-order valence-electron chi connectivity index (χ1n) is 9.33. The van der Waals surface area contributed by atoms with E-state index in [-0.39, 0.29) is 12.4 Å². The minimum Gasteiger partial charge on any atom is -0.483 e. The van der Waals surface area contributed by atoms with Gasteiger partial charge >= 0.3 is 0 Å². The van der Waals surface area contributed by atoms with Crippen LogP contribution in [0, 0.1) is 11.6 Å². The van der Waals surface area contributed by atoms with Crippen molar-refractivity contribution < 1.29 is 18.3 Å². The van der Waals surface area contributed by atoms with Crippen molar-refractivity contribution in [3.63, 3.8) is 0 Å². The van der Waals surface area contributed by atoms with E-state index < -0.39 is 23.1 Å². The van der Waals surface area contributed by atoms with Gasteiger partial charge in [0.25, 0.3) is 5.91 Å². The van der Waals surface area contributed by atoms with E-state index in [0.717, 1.165) is 22.3 Å². The van der Waals surface area contributed by atoms with E-state index in [2.05, 4.69) is 23.2 Å². The zero-order valence-electron chi connectivity index (χ0n) is 15.2. The van der Waals surface area contributed by atoms with Crippen LogP contribution in [-0.4, -0.2) is 10.9 Å². The van der Waals surface area contributed by atoms with Crippen LogP contribution in [0.2, 0.25) is 0 Å². The summed E-state index contributed by atoms with van der Waals surface area (Å²) in [6.07, 6.45) is 6.30. The first kappa shape index (κ1) is 18.8. The third-order valence-electron chi connectivity index (χ3n) is 5.19. The third-order valence-corrected chi connectivity index (χ3v) is 6.20. The summed E-state index contributed by atoms with van der Waals surface area (Å²) in [5, 5.41) is 0.681. The number of amides is 1. The predicted molar refractivity (Wildman–Crippen MR) is 105 cm³/mol. The average Bonchev–Trinajstić information content (AvgIpc) is 3.10. The number of aromatic nitrogens is 1. The van der Waals surface area contributed by atoms with Crippen LogP contribution in [0.3, 0.4) is 0 Å². The molecule has 0 unspecified atom stereocenters. The van der Waals surface area contributed by atoms with Crippen LogP contribution in [0.4, 0.5) is 8.78 Å². The first-order chi connectivity index (χ1) is 13.5. The van der Waals surface area contributed by atoms with Gasteiger partial charge in [-0.3, -0.25) is 4.79 Å². The number of halogens is 2. The zero-order valence-corrected chi connectivity index (χ0v) is 16.0. The monoisotopic (exact) mass is 402 g/mol. The lowest BCUT2D eigenvalue weighted by atomic mass is 9.84. The van der Waals surface area contributed by atoms with Crippen LogP contribution >= 0.6 is 11.3 Å². The van der Waals surface area contributed by atoms with Gasteiger partial charge in [0, 0.05) is 0 Å². The van der Waals surface area contributed by atoms with Gasteiger partial charge in [-0.25, -0.2) is 13.8 Å². The molecular weight excluding hydrogens is 382 g/mol. The Labute approximate surface area is 165 Å². The van der Waals surface area contributed by atoms with Crippen molar-refractivity contribution in [3.05, 3.63) is 58.1 Å². The fraction of sp³-hybridized carbons (Fsp3) is 0.333. The van der Waals surface area contributed by atoms with Gasteiger partial charge in [-0.15, -0.1) is 11.3 Å². The molecule has 0 aliphatic heterocycles. The highest BCUT2D eigenvalue weighted by Crippen LogP contribution is 2.35. The van der Waals surface area contributed by atoms with E-state index in [0.29, 0.717) is 10.9 Å². The molecule has 2 N–H and O–H groups in total. The molecule has 0 spiro atoms. The Bertz CT molecular complexity index is 1030. The van der Waals surface area contributed by atoms with E-state index >= 15 is 0 Å². The highest BCUT2D eigenvalue weighted by atomic mass is 32.1. The van der Waals surface area contributed by atoms with Crippen LogP contribution in [0.15, 0.2) is 30.3 Å². The topological polar surface area (TPSA) is 65.2 Å². The van der Waals surface area contributed by atoms with Gasteiger partial charge < -0.3 is 10.5 Å². The van der Waals surface area contributed by atoms with Crippen molar-refractivity contribution in [1.82, 2.24) is 4.98 Å². The molecule has 0 bridgehead atoms. The highest BCUT2D eigenvalue weighted by molar-refractivity contribution is 7.18. The molecule has 0 radical (unpaired) electrons. The Morgan fingerprint density at radius 1 is 1.18 bits per heavy atom. The van der Waals surface area contributed by atoms with E-state index in [9.17, 15) is 13.6 Å². The Balaban J connectivity index is 1.52. The van der Waals surface area contributed by atoms with Crippen LogP contribution < -0.4 is 10.5 Å². The molecule has 3 aromatic rings. The second kappa shape index (κ2) is 7.83. The molecule has 1 aliphatic rings. The van der Waals surface area contributed by atoms with Crippen molar-refractivity contribution in [2.75, 3.05) is 0 Å². The lowest BCUT2D eigenvalue weighted by Crippen LogP contribution is -2.16. The predicted octanol–water partition coefficient (Wildman–Crippen LogP) is 5.30. The van der Waals surface area contributed by atoms with Gasteiger partial charge in [-0.2, -0.15) is 0 Å². The number of fused-ring (bicyclic) bond motifs is 1. The summed E-state index contributed by atoms with van der Waals surface area (Å²) < 4.78 is 34.3. The summed E-state index contributed by atoms with van der Waals surface area (Å²) in [6.45, 7) is 0.0266. The molecule has 1 aliphatic carbocycles. The molecule has 2 aromatic carbocycles. The molecule has 0 saturated heterocycles. The summed E-state index contributed by atoms with van der Waals surface area (Å²) in [6, 6.07) is 8.48. The quantitative estimate of drug-likeness (QED) is 0.630. The number of carbonyl (C=O) groups is 1. The van der Waals surface area contributed by atoms with E-state index in [1.54, 1.807) is 0 Å². The fourth-order valence-electron chi connectivity index (χ4n) is 3.75. The number of nitrogens with two attached hydrogens (primary N) is 1. The molecule has 1 amide bonds. The zero-order chi connectivity index (χ0) is 19.7. The summed E-state index contributed by atoms with van der Waals surface area (Å²) in [5.41, 5.74) is 6.47. The number of benzene rings is 2. The molecule has 0 atom stereocenters. The van der Waals surface area contributed by atoms with E-state index in [4.69, 9.17) is 10.5 Å². The number of rotatable bonds is 5. The normalized spacial score (nSPS) is 15.1. The van der Waals surface area contributed by atoms with Gasteiger partial charge in [-0.05, 0) is 48.6 Å².